The molecule has 1 aromatic heterocycles. The zero-order valence-corrected chi connectivity index (χ0v) is 9.16. The van der Waals surface area contributed by atoms with Gasteiger partial charge in [0.1, 0.15) is 0 Å². The number of carboxylic acids is 1. The van der Waals surface area contributed by atoms with E-state index in [1.807, 2.05) is 6.92 Å². The molecule has 1 atom stereocenters. The van der Waals surface area contributed by atoms with Crippen LogP contribution in [0.25, 0.3) is 0 Å². The Kier molecular flexibility index (Phi) is 4.27. The van der Waals surface area contributed by atoms with Crippen molar-refractivity contribution >= 4 is 5.97 Å². The lowest BCUT2D eigenvalue weighted by atomic mass is 10.0. The summed E-state index contributed by atoms with van der Waals surface area (Å²) in [5, 5.41) is 19.2. The maximum atomic E-state index is 10.5. The molecule has 1 heterocycles. The number of carboxylic acid groups (broad SMARTS) is 1. The highest BCUT2D eigenvalue weighted by Crippen LogP contribution is 2.11. The van der Waals surface area contributed by atoms with E-state index in [0.29, 0.717) is 0 Å². The molecule has 0 saturated carbocycles. The van der Waals surface area contributed by atoms with Gasteiger partial charge in [-0.2, -0.15) is 15.4 Å². The molecule has 5 heteroatoms. The molecule has 1 aromatic rings. The normalized spacial score (nSPS) is 12.7. The topological polar surface area (TPSA) is 78.9 Å². The van der Waals surface area contributed by atoms with Crippen LogP contribution in [-0.2, 0) is 11.2 Å². The number of aromatic nitrogens is 3. The highest BCUT2D eigenvalue weighted by atomic mass is 16.4. The molecule has 0 radical (unpaired) electrons. The van der Waals surface area contributed by atoms with Gasteiger partial charge in [-0.25, -0.2) is 0 Å². The average Bonchev–Trinajstić information content (AvgIpc) is 2.58. The third kappa shape index (κ3) is 3.69. The summed E-state index contributed by atoms with van der Waals surface area (Å²) >= 11 is 0. The van der Waals surface area contributed by atoms with Crippen molar-refractivity contribution in [2.24, 2.45) is 5.92 Å². The molecule has 84 valence electrons. The predicted molar refractivity (Wildman–Crippen MR) is 55.5 cm³/mol. The lowest BCUT2D eigenvalue weighted by molar-refractivity contribution is -0.141. The molecule has 5 nitrogen and oxygen atoms in total. The lowest BCUT2D eigenvalue weighted by Gasteiger charge is -2.04. The van der Waals surface area contributed by atoms with Gasteiger partial charge in [-0.05, 0) is 26.2 Å². The average molecular weight is 211 g/mol. The van der Waals surface area contributed by atoms with Crippen LogP contribution >= 0.6 is 0 Å². The number of hydrogen-bond acceptors (Lipinski definition) is 3. The maximum Gasteiger partial charge on any atom is 0.306 e. The third-order valence-corrected chi connectivity index (χ3v) is 2.54. The van der Waals surface area contributed by atoms with Gasteiger partial charge in [-0.3, -0.25) is 4.79 Å². The van der Waals surface area contributed by atoms with Crippen LogP contribution in [0.1, 0.15) is 37.6 Å². The summed E-state index contributed by atoms with van der Waals surface area (Å²) in [4.78, 5) is 10.5. The van der Waals surface area contributed by atoms with Crippen LogP contribution in [0.5, 0.6) is 0 Å². The molecule has 15 heavy (non-hydrogen) atoms. The first kappa shape index (κ1) is 11.7. The Bertz CT molecular complexity index is 322. The molecule has 0 aliphatic carbocycles. The van der Waals surface area contributed by atoms with Gasteiger partial charge in [-0.1, -0.05) is 13.3 Å². The van der Waals surface area contributed by atoms with Gasteiger partial charge in [0.2, 0.25) is 0 Å². The van der Waals surface area contributed by atoms with Crippen LogP contribution in [0.4, 0.5) is 0 Å². The summed E-state index contributed by atoms with van der Waals surface area (Å²) < 4.78 is 0. The number of aliphatic carboxylic acids is 1. The number of H-pyrrole nitrogens is 1. The molecule has 2 N–H and O–H groups in total. The largest absolute Gasteiger partial charge is 0.481 e. The van der Waals surface area contributed by atoms with Crippen molar-refractivity contribution in [3.63, 3.8) is 0 Å². The Morgan fingerprint density at radius 1 is 1.47 bits per heavy atom. The summed E-state index contributed by atoms with van der Waals surface area (Å²) in [6.07, 6.45) is 3.48. The fourth-order valence-electron chi connectivity index (χ4n) is 1.41. The fourth-order valence-corrected chi connectivity index (χ4v) is 1.41. The molecule has 0 bridgehead atoms. The number of unbranched alkanes of at least 4 members (excludes halogenated alkanes) is 1. The van der Waals surface area contributed by atoms with Gasteiger partial charge in [0.25, 0.3) is 0 Å². The summed E-state index contributed by atoms with van der Waals surface area (Å²) in [6, 6.07) is 0. The maximum absolute atomic E-state index is 10.5. The molecule has 0 spiro atoms. The molecular weight excluding hydrogens is 194 g/mol. The number of nitrogens with zero attached hydrogens (tertiary/aromatic N) is 2. The Labute approximate surface area is 88.9 Å². The SMILES string of the molecule is Cc1n[nH]nc1CCCCC(C)C(=O)O. The van der Waals surface area contributed by atoms with Crippen molar-refractivity contribution in [3.8, 4) is 0 Å². The Morgan fingerprint density at radius 2 is 2.20 bits per heavy atom. The van der Waals surface area contributed by atoms with E-state index in [4.69, 9.17) is 5.11 Å². The zero-order valence-electron chi connectivity index (χ0n) is 9.16. The Morgan fingerprint density at radius 3 is 2.73 bits per heavy atom. The van der Waals surface area contributed by atoms with E-state index in [1.54, 1.807) is 6.92 Å². The Hall–Kier alpha value is -1.39. The van der Waals surface area contributed by atoms with Crippen LogP contribution < -0.4 is 0 Å². The van der Waals surface area contributed by atoms with Gasteiger partial charge >= 0.3 is 5.97 Å². The minimum absolute atomic E-state index is 0.247. The van der Waals surface area contributed by atoms with Crippen molar-refractivity contribution in [2.75, 3.05) is 0 Å². The number of carbonyl (C=O) groups is 1. The molecule has 0 amide bonds. The fraction of sp³-hybridized carbons (Fsp3) is 0.700. The van der Waals surface area contributed by atoms with Crippen molar-refractivity contribution in [1.29, 1.82) is 0 Å². The lowest BCUT2D eigenvalue weighted by Crippen LogP contribution is -2.09. The smallest absolute Gasteiger partial charge is 0.306 e. The molecular formula is C10H17N3O2. The predicted octanol–water partition coefficient (Wildman–Crippen LogP) is 1.55. The van der Waals surface area contributed by atoms with Crippen LogP contribution in [0.3, 0.4) is 0 Å². The van der Waals surface area contributed by atoms with E-state index in [0.717, 1.165) is 37.1 Å². The number of hydrogen-bond donors (Lipinski definition) is 2. The number of aryl methyl sites for hydroxylation is 2. The highest BCUT2D eigenvalue weighted by Gasteiger charge is 2.10. The molecule has 0 fully saturated rings. The van der Waals surface area contributed by atoms with Gasteiger partial charge < -0.3 is 5.11 Å². The van der Waals surface area contributed by atoms with E-state index in [1.165, 1.54) is 0 Å². The van der Waals surface area contributed by atoms with Crippen molar-refractivity contribution in [3.05, 3.63) is 11.4 Å². The monoisotopic (exact) mass is 211 g/mol. The second kappa shape index (κ2) is 5.48. The first-order valence-electron chi connectivity index (χ1n) is 5.20. The number of rotatable bonds is 6. The van der Waals surface area contributed by atoms with E-state index in [2.05, 4.69) is 15.4 Å². The minimum atomic E-state index is -0.715. The van der Waals surface area contributed by atoms with E-state index in [9.17, 15) is 4.79 Å². The third-order valence-electron chi connectivity index (χ3n) is 2.54. The molecule has 1 unspecified atom stereocenters. The van der Waals surface area contributed by atoms with Crippen molar-refractivity contribution < 1.29 is 9.90 Å². The summed E-state index contributed by atoms with van der Waals surface area (Å²) in [5.41, 5.74) is 1.92. The van der Waals surface area contributed by atoms with Gasteiger partial charge in [-0.15, -0.1) is 0 Å². The molecule has 0 aliphatic rings. The Balaban J connectivity index is 2.17. The van der Waals surface area contributed by atoms with Crippen molar-refractivity contribution in [1.82, 2.24) is 15.4 Å². The number of nitrogens with one attached hydrogen (secondary N) is 1. The van der Waals surface area contributed by atoms with Crippen LogP contribution in [0, 0.1) is 12.8 Å². The molecule has 0 aromatic carbocycles. The first-order valence-corrected chi connectivity index (χ1v) is 5.20. The van der Waals surface area contributed by atoms with E-state index in [-0.39, 0.29) is 5.92 Å². The zero-order chi connectivity index (χ0) is 11.3. The standard InChI is InChI=1S/C10H17N3O2/c1-7(10(14)15)5-3-4-6-9-8(2)11-13-12-9/h7H,3-6H2,1-2H3,(H,14,15)(H,11,12,13). The summed E-state index contributed by atoms with van der Waals surface area (Å²) in [7, 11) is 0. The summed E-state index contributed by atoms with van der Waals surface area (Å²) in [5.74, 6) is -0.962. The number of aromatic amines is 1. The van der Waals surface area contributed by atoms with E-state index < -0.39 is 5.97 Å². The summed E-state index contributed by atoms with van der Waals surface area (Å²) in [6.45, 7) is 3.66. The second-order valence-corrected chi connectivity index (χ2v) is 3.84. The molecule has 0 aliphatic heterocycles. The van der Waals surface area contributed by atoms with Crippen molar-refractivity contribution in [2.45, 2.75) is 39.5 Å². The van der Waals surface area contributed by atoms with Gasteiger partial charge in [0.15, 0.2) is 0 Å². The quantitative estimate of drug-likeness (QED) is 0.700. The van der Waals surface area contributed by atoms with Crippen LogP contribution in [-0.4, -0.2) is 26.5 Å². The van der Waals surface area contributed by atoms with Gasteiger partial charge in [0.05, 0.1) is 17.3 Å². The van der Waals surface area contributed by atoms with Crippen LogP contribution in [0.2, 0.25) is 0 Å². The molecule has 1 rings (SSSR count). The second-order valence-electron chi connectivity index (χ2n) is 3.84. The highest BCUT2D eigenvalue weighted by molar-refractivity contribution is 5.69. The minimum Gasteiger partial charge on any atom is -0.481 e. The van der Waals surface area contributed by atoms with E-state index >= 15 is 0 Å². The van der Waals surface area contributed by atoms with Gasteiger partial charge in [0, 0.05) is 0 Å². The molecule has 0 saturated heterocycles. The van der Waals surface area contributed by atoms with Crippen LogP contribution in [0.15, 0.2) is 0 Å². The first-order chi connectivity index (χ1) is 7.11.